The van der Waals surface area contributed by atoms with Gasteiger partial charge >= 0.3 is 0 Å². The Morgan fingerprint density at radius 1 is 0.640 bits per heavy atom. The van der Waals surface area contributed by atoms with Crippen LogP contribution >= 0.6 is 0 Å². The maximum absolute atomic E-state index is 5.73. The van der Waals surface area contributed by atoms with Crippen molar-refractivity contribution in [1.29, 1.82) is 0 Å². The van der Waals surface area contributed by atoms with E-state index in [4.69, 9.17) is 18.9 Å². The van der Waals surface area contributed by atoms with Crippen LogP contribution in [0, 0.1) is 11.8 Å². The molecule has 0 bridgehead atoms. The van der Waals surface area contributed by atoms with E-state index in [0.29, 0.717) is 0 Å². The van der Waals surface area contributed by atoms with E-state index in [1.165, 1.54) is 38.5 Å². The second-order valence-electron chi connectivity index (χ2n) is 6.96. The van der Waals surface area contributed by atoms with Crippen molar-refractivity contribution < 1.29 is 18.9 Å². The molecule has 0 aromatic rings. The molecule has 0 aromatic heterocycles. The molecule has 0 saturated carbocycles. The summed E-state index contributed by atoms with van der Waals surface area (Å²) >= 11 is 0. The van der Waals surface area contributed by atoms with Gasteiger partial charge in [-0.15, -0.1) is 11.8 Å². The van der Waals surface area contributed by atoms with Gasteiger partial charge in [-0.1, -0.05) is 6.42 Å². The second kappa shape index (κ2) is 14.6. The molecule has 0 amide bonds. The molecule has 4 nitrogen and oxygen atoms in total. The van der Waals surface area contributed by atoms with E-state index in [9.17, 15) is 0 Å². The van der Waals surface area contributed by atoms with E-state index in [2.05, 4.69) is 11.8 Å². The van der Waals surface area contributed by atoms with E-state index in [0.717, 1.165) is 71.4 Å². The van der Waals surface area contributed by atoms with Crippen LogP contribution in [0.1, 0.15) is 83.5 Å². The van der Waals surface area contributed by atoms with Gasteiger partial charge in [0.2, 0.25) is 0 Å². The van der Waals surface area contributed by atoms with Gasteiger partial charge in [0.1, 0.15) is 0 Å². The molecule has 25 heavy (non-hydrogen) atoms. The van der Waals surface area contributed by atoms with Gasteiger partial charge in [0, 0.05) is 39.3 Å². The van der Waals surface area contributed by atoms with Crippen LogP contribution < -0.4 is 0 Å². The molecule has 0 radical (unpaired) electrons. The highest BCUT2D eigenvalue weighted by molar-refractivity contribution is 4.98. The number of ether oxygens (including phenoxy) is 4. The maximum atomic E-state index is 5.73. The zero-order valence-corrected chi connectivity index (χ0v) is 15.8. The van der Waals surface area contributed by atoms with Gasteiger partial charge < -0.3 is 18.9 Å². The van der Waals surface area contributed by atoms with Gasteiger partial charge in [-0.2, -0.15) is 0 Å². The summed E-state index contributed by atoms with van der Waals surface area (Å²) in [6, 6.07) is 0. The lowest BCUT2D eigenvalue weighted by Crippen LogP contribution is -2.22. The zero-order chi connectivity index (χ0) is 17.4. The molecule has 2 atom stereocenters. The first-order valence-corrected chi connectivity index (χ1v) is 10.4. The highest BCUT2D eigenvalue weighted by Gasteiger charge is 2.13. The van der Waals surface area contributed by atoms with Gasteiger partial charge in [0.25, 0.3) is 0 Å². The van der Waals surface area contributed by atoms with Crippen LogP contribution in [0.25, 0.3) is 0 Å². The third-order valence-electron chi connectivity index (χ3n) is 4.65. The third kappa shape index (κ3) is 10.9. The fraction of sp³-hybridized carbons (Fsp3) is 0.905. The Hall–Kier alpha value is -0.600. The quantitative estimate of drug-likeness (QED) is 0.395. The molecule has 0 N–H and O–H groups in total. The van der Waals surface area contributed by atoms with E-state index in [1.807, 2.05) is 0 Å². The normalized spacial score (nSPS) is 23.8. The first-order chi connectivity index (χ1) is 12.4. The lowest BCUT2D eigenvalue weighted by Gasteiger charge is -2.22. The molecule has 144 valence electrons. The third-order valence-corrected chi connectivity index (χ3v) is 4.65. The Bertz CT molecular complexity index is 362. The molecule has 0 spiro atoms. The minimum atomic E-state index is 0.0495. The van der Waals surface area contributed by atoms with Crippen LogP contribution in [0.5, 0.6) is 0 Å². The van der Waals surface area contributed by atoms with Gasteiger partial charge in [-0.3, -0.25) is 0 Å². The molecule has 2 aliphatic heterocycles. The molecule has 0 aliphatic carbocycles. The molecule has 2 unspecified atom stereocenters. The van der Waals surface area contributed by atoms with Crippen molar-refractivity contribution >= 4 is 0 Å². The van der Waals surface area contributed by atoms with Gasteiger partial charge in [0.15, 0.2) is 12.6 Å². The summed E-state index contributed by atoms with van der Waals surface area (Å²) < 4.78 is 22.5. The van der Waals surface area contributed by atoms with Gasteiger partial charge in [0.05, 0.1) is 0 Å². The van der Waals surface area contributed by atoms with Crippen molar-refractivity contribution in [1.82, 2.24) is 0 Å². The lowest BCUT2D eigenvalue weighted by atomic mass is 10.2. The first kappa shape index (κ1) is 20.7. The predicted molar refractivity (Wildman–Crippen MR) is 99.2 cm³/mol. The minimum Gasteiger partial charge on any atom is -0.353 e. The molecule has 2 fully saturated rings. The number of hydrogen-bond donors (Lipinski definition) is 0. The lowest BCUT2D eigenvalue weighted by molar-refractivity contribution is -0.163. The highest BCUT2D eigenvalue weighted by atomic mass is 16.7. The van der Waals surface area contributed by atoms with E-state index in [-0.39, 0.29) is 12.6 Å². The summed E-state index contributed by atoms with van der Waals surface area (Å²) in [5.74, 6) is 6.56. The molecule has 2 aliphatic rings. The van der Waals surface area contributed by atoms with Crippen molar-refractivity contribution in [2.24, 2.45) is 0 Å². The van der Waals surface area contributed by atoms with Crippen molar-refractivity contribution in [3.63, 3.8) is 0 Å². The molecule has 4 heteroatoms. The molecule has 2 heterocycles. The fourth-order valence-corrected chi connectivity index (χ4v) is 3.10. The van der Waals surface area contributed by atoms with E-state index >= 15 is 0 Å². The number of unbranched alkanes of at least 4 members (excludes halogenated alkanes) is 5. The zero-order valence-electron chi connectivity index (χ0n) is 15.8. The smallest absolute Gasteiger partial charge is 0.157 e. The molecule has 0 aromatic carbocycles. The summed E-state index contributed by atoms with van der Waals surface area (Å²) in [4.78, 5) is 0. The highest BCUT2D eigenvalue weighted by Crippen LogP contribution is 2.15. The first-order valence-electron chi connectivity index (χ1n) is 10.4. The molecular formula is C21H36O4. The molecule has 2 rings (SSSR count). The van der Waals surface area contributed by atoms with Crippen LogP contribution in [0.4, 0.5) is 0 Å². The van der Waals surface area contributed by atoms with Crippen molar-refractivity contribution in [3.05, 3.63) is 0 Å². The van der Waals surface area contributed by atoms with Crippen molar-refractivity contribution in [3.8, 4) is 11.8 Å². The Balaban J connectivity index is 1.30. The average molecular weight is 353 g/mol. The van der Waals surface area contributed by atoms with Crippen LogP contribution in [0.2, 0.25) is 0 Å². The maximum Gasteiger partial charge on any atom is 0.157 e. The minimum absolute atomic E-state index is 0.0495. The van der Waals surface area contributed by atoms with E-state index in [1.54, 1.807) is 0 Å². The van der Waals surface area contributed by atoms with Crippen molar-refractivity contribution in [2.75, 3.05) is 26.4 Å². The van der Waals surface area contributed by atoms with Gasteiger partial charge in [-0.25, -0.2) is 0 Å². The Morgan fingerprint density at radius 3 is 1.68 bits per heavy atom. The molecular weight excluding hydrogens is 316 g/mol. The predicted octanol–water partition coefficient (Wildman–Crippen LogP) is 4.81. The summed E-state index contributed by atoms with van der Waals surface area (Å²) in [6.45, 7) is 3.34. The van der Waals surface area contributed by atoms with Crippen LogP contribution in [0.15, 0.2) is 0 Å². The summed E-state index contributed by atoms with van der Waals surface area (Å²) in [5.41, 5.74) is 0. The monoisotopic (exact) mass is 352 g/mol. The molecule has 2 saturated heterocycles. The standard InChI is InChI=1S/C21H36O4/c1(2-4-6-10-16-22-20-14-8-12-18-24-20)3-5-7-11-17-23-21-15-9-13-19-25-21/h20-21H,2,4-19H2. The Morgan fingerprint density at radius 2 is 1.16 bits per heavy atom. The average Bonchev–Trinajstić information content (AvgIpc) is 2.67. The number of hydrogen-bond acceptors (Lipinski definition) is 4. The fourth-order valence-electron chi connectivity index (χ4n) is 3.10. The van der Waals surface area contributed by atoms with Crippen molar-refractivity contribution in [2.45, 2.75) is 96.1 Å². The largest absolute Gasteiger partial charge is 0.353 e. The summed E-state index contributed by atoms with van der Waals surface area (Å²) in [7, 11) is 0. The number of rotatable bonds is 11. The Kier molecular flexibility index (Phi) is 12.1. The summed E-state index contributed by atoms with van der Waals surface area (Å²) in [5, 5.41) is 0. The van der Waals surface area contributed by atoms with E-state index < -0.39 is 0 Å². The van der Waals surface area contributed by atoms with Crippen LogP contribution in [-0.4, -0.2) is 39.0 Å². The Labute approximate surface area is 153 Å². The SMILES string of the molecule is C(#CCCCCOC1CCCCO1)CCCCCOC1CCCCO1. The summed E-state index contributed by atoms with van der Waals surface area (Å²) in [6.07, 6.45) is 14.7. The van der Waals surface area contributed by atoms with Gasteiger partial charge in [-0.05, 0) is 64.2 Å². The topological polar surface area (TPSA) is 36.9 Å². The van der Waals surface area contributed by atoms with Crippen LogP contribution in [0.3, 0.4) is 0 Å². The second-order valence-corrected chi connectivity index (χ2v) is 6.96. The van der Waals surface area contributed by atoms with Crippen LogP contribution in [-0.2, 0) is 18.9 Å².